The van der Waals surface area contributed by atoms with Gasteiger partial charge in [-0.25, -0.2) is 0 Å². The minimum atomic E-state index is 0.656. The number of hydrogen-bond acceptors (Lipinski definition) is 1. The van der Waals surface area contributed by atoms with Crippen LogP contribution in [0.5, 0.6) is 11.5 Å². The number of benzene rings is 2. The Hall–Kier alpha value is -0.700. The van der Waals surface area contributed by atoms with Crippen LogP contribution in [0, 0.1) is 0 Å². The van der Waals surface area contributed by atoms with Crippen LogP contribution in [-0.2, 0) is 0 Å². The number of hydrogen-bond donors (Lipinski definition) is 0. The lowest BCUT2D eigenvalue weighted by atomic mass is 10.3. The Balaban J connectivity index is 2.20. The van der Waals surface area contributed by atoms with Gasteiger partial charge in [0.1, 0.15) is 11.5 Å². The van der Waals surface area contributed by atoms with Crippen LogP contribution in [0.3, 0.4) is 0 Å². The molecule has 0 N–H and O–H groups in total. The number of ether oxygens (including phenoxy) is 1. The fourth-order valence-corrected chi connectivity index (χ4v) is 1.78. The zero-order chi connectivity index (χ0) is 11.5. The first-order valence-corrected chi connectivity index (χ1v) is 6.08. The highest BCUT2D eigenvalue weighted by Crippen LogP contribution is 2.30. The van der Waals surface area contributed by atoms with Gasteiger partial charge < -0.3 is 4.74 Å². The molecule has 0 saturated carbocycles. The van der Waals surface area contributed by atoms with Crippen molar-refractivity contribution in [1.29, 1.82) is 0 Å². The average Bonchev–Trinajstić information content (AvgIpc) is 2.27. The molecule has 0 aliphatic heterocycles. The topological polar surface area (TPSA) is 9.23 Å². The molecule has 16 heavy (non-hydrogen) atoms. The SMILES string of the molecule is Clc1ccc(Oc2ccc(Cl)c(Br)c2)cc1. The lowest BCUT2D eigenvalue weighted by Gasteiger charge is -2.06. The summed E-state index contributed by atoms with van der Waals surface area (Å²) in [4.78, 5) is 0. The summed E-state index contributed by atoms with van der Waals surface area (Å²) in [5.74, 6) is 1.46. The van der Waals surface area contributed by atoms with Gasteiger partial charge in [0.2, 0.25) is 0 Å². The van der Waals surface area contributed by atoms with Crippen LogP contribution in [0.1, 0.15) is 0 Å². The maximum atomic E-state index is 5.88. The fraction of sp³-hybridized carbons (Fsp3) is 0. The van der Waals surface area contributed by atoms with Gasteiger partial charge in [-0.3, -0.25) is 0 Å². The largest absolute Gasteiger partial charge is 0.457 e. The summed E-state index contributed by atoms with van der Waals surface area (Å²) in [5.41, 5.74) is 0. The third-order valence-corrected chi connectivity index (χ3v) is 3.41. The molecule has 2 rings (SSSR count). The predicted octanol–water partition coefficient (Wildman–Crippen LogP) is 5.55. The fourth-order valence-electron chi connectivity index (χ4n) is 1.18. The van der Waals surface area contributed by atoms with Gasteiger partial charge in [0.15, 0.2) is 0 Å². The first kappa shape index (κ1) is 11.8. The maximum absolute atomic E-state index is 5.88. The summed E-state index contributed by atoms with van der Waals surface area (Å²) in [6.45, 7) is 0. The third-order valence-electron chi connectivity index (χ3n) is 1.94. The molecule has 4 heteroatoms. The molecule has 2 aromatic carbocycles. The van der Waals surface area contributed by atoms with Crippen molar-refractivity contribution in [2.45, 2.75) is 0 Å². The van der Waals surface area contributed by atoms with E-state index in [1.54, 1.807) is 18.2 Å². The molecule has 82 valence electrons. The molecule has 2 aromatic rings. The van der Waals surface area contributed by atoms with E-state index in [4.69, 9.17) is 27.9 Å². The van der Waals surface area contributed by atoms with E-state index in [0.717, 1.165) is 16.0 Å². The first-order valence-electron chi connectivity index (χ1n) is 4.53. The highest BCUT2D eigenvalue weighted by atomic mass is 79.9. The second-order valence-corrected chi connectivity index (χ2v) is 4.83. The zero-order valence-electron chi connectivity index (χ0n) is 8.08. The van der Waals surface area contributed by atoms with E-state index in [9.17, 15) is 0 Å². The second kappa shape index (κ2) is 5.09. The summed E-state index contributed by atoms with van der Waals surface area (Å²) < 4.78 is 6.43. The second-order valence-electron chi connectivity index (χ2n) is 3.13. The summed E-state index contributed by atoms with van der Waals surface area (Å²) in [7, 11) is 0. The van der Waals surface area contributed by atoms with Crippen molar-refractivity contribution in [2.24, 2.45) is 0 Å². The van der Waals surface area contributed by atoms with Crippen molar-refractivity contribution in [1.82, 2.24) is 0 Å². The lowest BCUT2D eigenvalue weighted by Crippen LogP contribution is -1.83. The van der Waals surface area contributed by atoms with Crippen molar-refractivity contribution >= 4 is 39.1 Å². The Morgan fingerprint density at radius 1 is 0.875 bits per heavy atom. The molecule has 0 bridgehead atoms. The molecule has 0 aliphatic rings. The quantitative estimate of drug-likeness (QED) is 0.705. The van der Waals surface area contributed by atoms with Gasteiger partial charge in [-0.05, 0) is 58.4 Å². The highest BCUT2D eigenvalue weighted by molar-refractivity contribution is 9.10. The third kappa shape index (κ3) is 2.91. The Morgan fingerprint density at radius 2 is 1.50 bits per heavy atom. The van der Waals surface area contributed by atoms with Crippen molar-refractivity contribution < 1.29 is 4.74 Å². The first-order chi connectivity index (χ1) is 7.65. The van der Waals surface area contributed by atoms with E-state index in [2.05, 4.69) is 15.9 Å². The standard InChI is InChI=1S/C12H7BrCl2O/c13-11-7-10(5-6-12(11)15)16-9-3-1-8(14)2-4-9/h1-7H. The van der Waals surface area contributed by atoms with Crippen LogP contribution in [0.4, 0.5) is 0 Å². The minimum Gasteiger partial charge on any atom is -0.457 e. The van der Waals surface area contributed by atoms with Crippen molar-refractivity contribution in [3.05, 3.63) is 57.0 Å². The highest BCUT2D eigenvalue weighted by Gasteiger charge is 2.01. The van der Waals surface area contributed by atoms with E-state index < -0.39 is 0 Å². The van der Waals surface area contributed by atoms with E-state index >= 15 is 0 Å². The lowest BCUT2D eigenvalue weighted by molar-refractivity contribution is 0.482. The molecule has 0 radical (unpaired) electrons. The van der Waals surface area contributed by atoms with Gasteiger partial charge in [0.25, 0.3) is 0 Å². The molecule has 0 amide bonds. The van der Waals surface area contributed by atoms with E-state index in [-0.39, 0.29) is 0 Å². The Labute approximate surface area is 112 Å². The number of rotatable bonds is 2. The van der Waals surface area contributed by atoms with Crippen LogP contribution < -0.4 is 4.74 Å². The van der Waals surface area contributed by atoms with Crippen LogP contribution in [0.25, 0.3) is 0 Å². The van der Waals surface area contributed by atoms with E-state index in [1.165, 1.54) is 0 Å². The Bertz CT molecular complexity index is 497. The van der Waals surface area contributed by atoms with Gasteiger partial charge >= 0.3 is 0 Å². The van der Waals surface area contributed by atoms with Gasteiger partial charge in [0, 0.05) is 9.50 Å². The normalized spacial score (nSPS) is 10.2. The predicted molar refractivity (Wildman–Crippen MR) is 70.7 cm³/mol. The molecular weight excluding hydrogens is 311 g/mol. The molecule has 0 aliphatic carbocycles. The van der Waals surface area contributed by atoms with Crippen LogP contribution in [0.15, 0.2) is 46.9 Å². The zero-order valence-corrected chi connectivity index (χ0v) is 11.2. The molecule has 1 nitrogen and oxygen atoms in total. The summed E-state index contributed by atoms with van der Waals surface area (Å²) in [6.07, 6.45) is 0. The molecule has 0 fully saturated rings. The summed E-state index contributed by atoms with van der Waals surface area (Å²) >= 11 is 15.0. The van der Waals surface area contributed by atoms with E-state index in [1.807, 2.05) is 24.3 Å². The summed E-state index contributed by atoms with van der Waals surface area (Å²) in [6, 6.07) is 12.6. The average molecular weight is 318 g/mol. The van der Waals surface area contributed by atoms with Crippen LogP contribution >= 0.6 is 39.1 Å². The van der Waals surface area contributed by atoms with Crippen molar-refractivity contribution in [2.75, 3.05) is 0 Å². The molecule has 0 saturated heterocycles. The van der Waals surface area contributed by atoms with Crippen LogP contribution in [-0.4, -0.2) is 0 Å². The molecule has 0 aromatic heterocycles. The smallest absolute Gasteiger partial charge is 0.128 e. The Morgan fingerprint density at radius 3 is 2.12 bits per heavy atom. The molecule has 0 spiro atoms. The Kier molecular flexibility index (Phi) is 3.74. The van der Waals surface area contributed by atoms with Crippen molar-refractivity contribution in [3.8, 4) is 11.5 Å². The van der Waals surface area contributed by atoms with Gasteiger partial charge in [-0.15, -0.1) is 0 Å². The maximum Gasteiger partial charge on any atom is 0.128 e. The molecule has 0 unspecified atom stereocenters. The molecular formula is C12H7BrCl2O. The van der Waals surface area contributed by atoms with Crippen LogP contribution in [0.2, 0.25) is 10.0 Å². The molecule has 0 atom stereocenters. The van der Waals surface area contributed by atoms with Gasteiger partial charge in [-0.1, -0.05) is 23.2 Å². The van der Waals surface area contributed by atoms with Gasteiger partial charge in [0.05, 0.1) is 5.02 Å². The minimum absolute atomic E-state index is 0.656. The van der Waals surface area contributed by atoms with E-state index in [0.29, 0.717) is 10.0 Å². The number of halogens is 3. The monoisotopic (exact) mass is 316 g/mol. The van der Waals surface area contributed by atoms with Gasteiger partial charge in [-0.2, -0.15) is 0 Å². The molecule has 0 heterocycles. The summed E-state index contributed by atoms with van der Waals surface area (Å²) in [5, 5.41) is 1.34. The van der Waals surface area contributed by atoms with Crippen molar-refractivity contribution in [3.63, 3.8) is 0 Å².